The number of aryl methyl sites for hydroxylation is 1. The van der Waals surface area contributed by atoms with E-state index in [0.717, 1.165) is 6.54 Å². The Kier molecular flexibility index (Phi) is 9.40. The van der Waals surface area contributed by atoms with Gasteiger partial charge >= 0.3 is 0 Å². The maximum absolute atomic E-state index is 3.63. The van der Waals surface area contributed by atoms with E-state index in [1.807, 2.05) is 0 Å². The molecule has 0 heterocycles. The molecule has 0 saturated heterocycles. The number of benzene rings is 1. The van der Waals surface area contributed by atoms with Gasteiger partial charge in [0.2, 0.25) is 0 Å². The van der Waals surface area contributed by atoms with E-state index in [-0.39, 0.29) is 0 Å². The van der Waals surface area contributed by atoms with Crippen LogP contribution in [0.5, 0.6) is 0 Å². The largest absolute Gasteiger partial charge is 0.310 e. The Balaban J connectivity index is 2.27. The molecular weight excluding hydrogens is 242 g/mol. The summed E-state index contributed by atoms with van der Waals surface area (Å²) < 4.78 is 0. The summed E-state index contributed by atoms with van der Waals surface area (Å²) in [5.74, 6) is 0. The molecule has 1 rings (SSSR count). The molecule has 0 spiro atoms. The van der Waals surface area contributed by atoms with Crippen molar-refractivity contribution in [2.24, 2.45) is 0 Å². The molecule has 0 radical (unpaired) electrons. The van der Waals surface area contributed by atoms with Crippen LogP contribution in [0.2, 0.25) is 0 Å². The van der Waals surface area contributed by atoms with Crippen LogP contribution in [0.15, 0.2) is 24.3 Å². The molecule has 0 aliphatic carbocycles. The molecule has 1 aromatic rings. The highest BCUT2D eigenvalue weighted by molar-refractivity contribution is 5.24. The Morgan fingerprint density at radius 3 is 2.05 bits per heavy atom. The van der Waals surface area contributed by atoms with E-state index in [0.29, 0.717) is 6.04 Å². The second kappa shape index (κ2) is 10.9. The quantitative estimate of drug-likeness (QED) is 0.504. The Morgan fingerprint density at radius 1 is 0.850 bits per heavy atom. The first-order chi connectivity index (χ1) is 9.77. The zero-order chi connectivity index (χ0) is 14.6. The summed E-state index contributed by atoms with van der Waals surface area (Å²) in [6.45, 7) is 7.69. The van der Waals surface area contributed by atoms with Crippen molar-refractivity contribution in [2.75, 3.05) is 6.54 Å². The van der Waals surface area contributed by atoms with Crippen molar-refractivity contribution >= 4 is 0 Å². The second-order valence-corrected chi connectivity index (χ2v) is 5.93. The van der Waals surface area contributed by atoms with Gasteiger partial charge in [-0.1, -0.05) is 88.6 Å². The molecule has 1 aromatic carbocycles. The minimum atomic E-state index is 0.538. The minimum Gasteiger partial charge on any atom is -0.310 e. The van der Waals surface area contributed by atoms with Gasteiger partial charge in [0, 0.05) is 6.04 Å². The van der Waals surface area contributed by atoms with Crippen molar-refractivity contribution in [1.82, 2.24) is 5.32 Å². The summed E-state index contributed by atoms with van der Waals surface area (Å²) in [5, 5.41) is 3.63. The molecule has 0 aliphatic heterocycles. The van der Waals surface area contributed by atoms with Gasteiger partial charge in [0.05, 0.1) is 0 Å². The predicted molar refractivity (Wildman–Crippen MR) is 90.2 cm³/mol. The van der Waals surface area contributed by atoms with Crippen LogP contribution in [0.25, 0.3) is 0 Å². The third-order valence-corrected chi connectivity index (χ3v) is 4.03. The lowest BCUT2D eigenvalue weighted by Crippen LogP contribution is -2.20. The summed E-state index contributed by atoms with van der Waals surface area (Å²) in [7, 11) is 0. The molecule has 1 N–H and O–H groups in total. The molecule has 0 bridgehead atoms. The van der Waals surface area contributed by atoms with Gasteiger partial charge < -0.3 is 5.32 Å². The molecule has 0 saturated carbocycles. The van der Waals surface area contributed by atoms with E-state index in [4.69, 9.17) is 0 Å². The van der Waals surface area contributed by atoms with Crippen molar-refractivity contribution in [3.05, 3.63) is 35.4 Å². The van der Waals surface area contributed by atoms with E-state index in [1.54, 1.807) is 0 Å². The van der Waals surface area contributed by atoms with Crippen molar-refractivity contribution in [3.8, 4) is 0 Å². The molecule has 0 amide bonds. The lowest BCUT2D eigenvalue weighted by molar-refractivity contribution is 0.475. The van der Waals surface area contributed by atoms with Crippen molar-refractivity contribution in [1.29, 1.82) is 0 Å². The van der Waals surface area contributed by atoms with Crippen molar-refractivity contribution < 1.29 is 0 Å². The number of hydrogen-bond donors (Lipinski definition) is 1. The first kappa shape index (κ1) is 17.2. The van der Waals surface area contributed by atoms with E-state index in [1.165, 1.54) is 62.5 Å². The number of unbranched alkanes of at least 4 members (excludes halogenated alkanes) is 6. The summed E-state index contributed by atoms with van der Waals surface area (Å²) >= 11 is 0. The first-order valence-electron chi connectivity index (χ1n) is 8.57. The fourth-order valence-electron chi connectivity index (χ4n) is 2.74. The second-order valence-electron chi connectivity index (χ2n) is 5.93. The third-order valence-electron chi connectivity index (χ3n) is 4.03. The van der Waals surface area contributed by atoms with Gasteiger partial charge in [-0.2, -0.15) is 0 Å². The Bertz CT molecular complexity index is 328. The van der Waals surface area contributed by atoms with Crippen molar-refractivity contribution in [3.63, 3.8) is 0 Å². The predicted octanol–water partition coefficient (Wildman–Crippen LogP) is 5.79. The lowest BCUT2D eigenvalue weighted by Gasteiger charge is -2.18. The van der Waals surface area contributed by atoms with E-state index < -0.39 is 0 Å². The molecular formula is C19H33N. The molecule has 0 aliphatic rings. The fourth-order valence-corrected chi connectivity index (χ4v) is 2.74. The van der Waals surface area contributed by atoms with E-state index in [9.17, 15) is 0 Å². The van der Waals surface area contributed by atoms with Crippen LogP contribution in [-0.4, -0.2) is 6.54 Å². The van der Waals surface area contributed by atoms with Crippen molar-refractivity contribution in [2.45, 2.75) is 78.2 Å². The molecule has 1 atom stereocenters. The highest BCUT2D eigenvalue weighted by atomic mass is 14.9. The number of rotatable bonds is 11. The summed E-state index contributed by atoms with van der Waals surface area (Å²) in [6, 6.07) is 9.55. The molecule has 1 heteroatoms. The minimum absolute atomic E-state index is 0.538. The highest BCUT2D eigenvalue weighted by Gasteiger charge is 2.09. The molecule has 20 heavy (non-hydrogen) atoms. The average Bonchev–Trinajstić information content (AvgIpc) is 2.46. The topological polar surface area (TPSA) is 12.0 Å². The van der Waals surface area contributed by atoms with Gasteiger partial charge in [-0.25, -0.2) is 0 Å². The number of nitrogens with one attached hydrogen (secondary N) is 1. The summed E-state index contributed by atoms with van der Waals surface area (Å²) in [4.78, 5) is 0. The van der Waals surface area contributed by atoms with Crippen LogP contribution in [-0.2, 0) is 0 Å². The van der Waals surface area contributed by atoms with E-state index in [2.05, 4.69) is 50.4 Å². The zero-order valence-electron chi connectivity index (χ0n) is 13.8. The smallest absolute Gasteiger partial charge is 0.0320 e. The SMILES string of the molecule is CCCCCCCCCC(NCC)c1ccc(C)cc1. The van der Waals surface area contributed by atoms with Gasteiger partial charge in [-0.15, -0.1) is 0 Å². The van der Waals surface area contributed by atoms with Crippen LogP contribution in [0.1, 0.15) is 82.4 Å². The zero-order valence-corrected chi connectivity index (χ0v) is 13.8. The molecule has 114 valence electrons. The van der Waals surface area contributed by atoms with Gasteiger partial charge in [-0.3, -0.25) is 0 Å². The standard InChI is InChI=1S/C19H33N/c1-4-6-7-8-9-10-11-12-19(20-5-2)18-15-13-17(3)14-16-18/h13-16,19-20H,4-12H2,1-3H3. The Morgan fingerprint density at radius 2 is 1.45 bits per heavy atom. The van der Waals surface area contributed by atoms with Gasteiger partial charge in [0.15, 0.2) is 0 Å². The van der Waals surface area contributed by atoms with Gasteiger partial charge in [0.1, 0.15) is 0 Å². The van der Waals surface area contributed by atoms with Crippen LogP contribution in [0, 0.1) is 6.92 Å². The van der Waals surface area contributed by atoms with Crippen LogP contribution >= 0.6 is 0 Å². The summed E-state index contributed by atoms with van der Waals surface area (Å²) in [6.07, 6.45) is 11.0. The average molecular weight is 275 g/mol. The van der Waals surface area contributed by atoms with Crippen LogP contribution in [0.3, 0.4) is 0 Å². The maximum Gasteiger partial charge on any atom is 0.0320 e. The monoisotopic (exact) mass is 275 g/mol. The Hall–Kier alpha value is -0.820. The normalized spacial score (nSPS) is 12.6. The van der Waals surface area contributed by atoms with E-state index >= 15 is 0 Å². The molecule has 1 unspecified atom stereocenters. The molecule has 1 nitrogen and oxygen atoms in total. The van der Waals surface area contributed by atoms with Gasteiger partial charge in [0.25, 0.3) is 0 Å². The van der Waals surface area contributed by atoms with Crippen LogP contribution in [0.4, 0.5) is 0 Å². The summed E-state index contributed by atoms with van der Waals surface area (Å²) in [5.41, 5.74) is 2.79. The molecule has 0 aromatic heterocycles. The lowest BCUT2D eigenvalue weighted by atomic mass is 9.98. The van der Waals surface area contributed by atoms with Gasteiger partial charge in [-0.05, 0) is 25.5 Å². The fraction of sp³-hybridized carbons (Fsp3) is 0.684. The molecule has 0 fully saturated rings. The maximum atomic E-state index is 3.63. The Labute approximate surface area is 126 Å². The first-order valence-corrected chi connectivity index (χ1v) is 8.57. The highest BCUT2D eigenvalue weighted by Crippen LogP contribution is 2.21. The number of hydrogen-bond acceptors (Lipinski definition) is 1. The third kappa shape index (κ3) is 7.09. The van der Waals surface area contributed by atoms with Crippen LogP contribution < -0.4 is 5.32 Å².